The zero-order valence-corrected chi connectivity index (χ0v) is 17.7. The van der Waals surface area contributed by atoms with E-state index in [0.717, 1.165) is 26.9 Å². The lowest BCUT2D eigenvalue weighted by Crippen LogP contribution is -2.38. The minimum absolute atomic E-state index is 0.0890. The molecule has 1 heterocycles. The van der Waals surface area contributed by atoms with Crippen molar-refractivity contribution in [3.63, 3.8) is 0 Å². The predicted octanol–water partition coefficient (Wildman–Crippen LogP) is 2.35. The molecule has 1 aromatic rings. The molecule has 1 saturated heterocycles. The maximum Gasteiger partial charge on any atom is 0.326 e. The first-order chi connectivity index (χ1) is 13.8. The van der Waals surface area contributed by atoms with E-state index in [1.807, 2.05) is 26.0 Å². The summed E-state index contributed by atoms with van der Waals surface area (Å²) in [4.78, 5) is 50.4. The first-order valence-corrected chi connectivity index (χ1v) is 10.3. The van der Waals surface area contributed by atoms with Gasteiger partial charge in [-0.05, 0) is 55.4 Å². The number of carbonyl (C=O) groups excluding carboxylic acids is 4. The van der Waals surface area contributed by atoms with E-state index in [4.69, 9.17) is 4.74 Å². The van der Waals surface area contributed by atoms with Crippen LogP contribution in [0, 0.1) is 37.5 Å². The van der Waals surface area contributed by atoms with Gasteiger partial charge in [0.15, 0.2) is 6.61 Å². The van der Waals surface area contributed by atoms with Crippen LogP contribution in [0.2, 0.25) is 0 Å². The molecule has 0 aromatic heterocycles. The summed E-state index contributed by atoms with van der Waals surface area (Å²) in [6.07, 6.45) is 4.82. The third-order valence-corrected chi connectivity index (χ3v) is 7.18. The van der Waals surface area contributed by atoms with E-state index in [1.54, 1.807) is 12.1 Å². The number of carbonyl (C=O) groups is 4. The molecule has 2 bridgehead atoms. The fraction of sp³-hybridized carbons (Fsp3) is 0.429. The van der Waals surface area contributed by atoms with Gasteiger partial charge >= 0.3 is 5.97 Å². The van der Waals surface area contributed by atoms with E-state index in [9.17, 15) is 19.2 Å². The third-order valence-electron chi connectivity index (χ3n) is 5.93. The Hall–Kier alpha value is -2.48. The highest BCUT2D eigenvalue weighted by atomic mass is 79.9. The van der Waals surface area contributed by atoms with Crippen molar-refractivity contribution in [2.24, 2.45) is 23.7 Å². The van der Waals surface area contributed by atoms with Crippen molar-refractivity contribution in [1.82, 2.24) is 4.90 Å². The summed E-state index contributed by atoms with van der Waals surface area (Å²) in [5.41, 5.74) is 2.54. The van der Waals surface area contributed by atoms with Gasteiger partial charge in [-0.1, -0.05) is 28.1 Å². The second kappa shape index (κ2) is 7.40. The normalized spacial score (nSPS) is 26.8. The molecule has 4 atom stereocenters. The molecule has 4 rings (SSSR count). The molecule has 0 spiro atoms. The summed E-state index contributed by atoms with van der Waals surface area (Å²) >= 11 is 3.46. The Morgan fingerprint density at radius 2 is 1.66 bits per heavy atom. The standard InChI is InChI=1S/C21H21BrN2O5/c1-10-5-14(6-11(2)19(10)22)23-15(25)9-29-16(26)8-24-20(27)17-12-3-4-13(7-12)18(17)21(24)28/h3-6,12-13,17-18H,7-9H2,1-2H3,(H,23,25)/t12-,13-,17-,18+/m0/s1. The molecule has 1 aliphatic heterocycles. The van der Waals surface area contributed by atoms with Crippen LogP contribution in [0.25, 0.3) is 0 Å². The minimum atomic E-state index is -0.773. The molecule has 1 N–H and O–H groups in total. The first kappa shape index (κ1) is 19.8. The van der Waals surface area contributed by atoms with Gasteiger partial charge in [0.2, 0.25) is 11.8 Å². The molecule has 152 valence electrons. The van der Waals surface area contributed by atoms with E-state index in [2.05, 4.69) is 21.2 Å². The Morgan fingerprint density at radius 1 is 1.10 bits per heavy atom. The summed E-state index contributed by atoms with van der Waals surface area (Å²) in [5, 5.41) is 2.68. The average molecular weight is 461 g/mol. The fourth-order valence-corrected chi connectivity index (χ4v) is 4.88. The van der Waals surface area contributed by atoms with Gasteiger partial charge in [0.25, 0.3) is 5.91 Å². The molecule has 7 nitrogen and oxygen atoms in total. The number of allylic oxidation sites excluding steroid dienone is 2. The largest absolute Gasteiger partial charge is 0.454 e. The van der Waals surface area contributed by atoms with Gasteiger partial charge in [-0.2, -0.15) is 0 Å². The molecule has 2 aliphatic carbocycles. The van der Waals surface area contributed by atoms with E-state index >= 15 is 0 Å². The van der Waals surface area contributed by atoms with E-state index in [1.165, 1.54) is 0 Å². The zero-order valence-electron chi connectivity index (χ0n) is 16.1. The Morgan fingerprint density at radius 3 is 2.21 bits per heavy atom. The number of ether oxygens (including phenoxy) is 1. The number of halogens is 1. The summed E-state index contributed by atoms with van der Waals surface area (Å²) in [6.45, 7) is 2.89. The highest BCUT2D eigenvalue weighted by Gasteiger charge is 2.59. The lowest BCUT2D eigenvalue weighted by atomic mass is 9.85. The number of likely N-dealkylation sites (tertiary alicyclic amines) is 1. The highest BCUT2D eigenvalue weighted by molar-refractivity contribution is 9.10. The maximum atomic E-state index is 12.6. The Balaban J connectivity index is 1.30. The molecule has 1 aromatic carbocycles. The smallest absolute Gasteiger partial charge is 0.326 e. The average Bonchev–Trinajstić information content (AvgIpc) is 3.34. The SMILES string of the molecule is Cc1cc(NC(=O)COC(=O)CN2C(=O)[C@@H]3[C@H](C2=O)[C@H]2C=C[C@H]3C2)cc(C)c1Br. The Kier molecular flexibility index (Phi) is 5.06. The number of esters is 1. The van der Waals surface area contributed by atoms with Gasteiger partial charge < -0.3 is 10.1 Å². The van der Waals surface area contributed by atoms with Gasteiger partial charge in [0.1, 0.15) is 6.54 Å². The van der Waals surface area contributed by atoms with Crippen LogP contribution in [0.3, 0.4) is 0 Å². The number of hydrogen-bond donors (Lipinski definition) is 1. The van der Waals surface area contributed by atoms with Crippen molar-refractivity contribution in [2.45, 2.75) is 20.3 Å². The second-order valence-corrected chi connectivity index (χ2v) is 8.69. The fourth-order valence-electron chi connectivity index (χ4n) is 4.66. The molecule has 8 heteroatoms. The first-order valence-electron chi connectivity index (χ1n) is 9.52. The van der Waals surface area contributed by atoms with Crippen LogP contribution in [-0.2, 0) is 23.9 Å². The number of aryl methyl sites for hydroxylation is 2. The monoisotopic (exact) mass is 460 g/mol. The number of fused-ring (bicyclic) bond motifs is 5. The molecule has 1 saturated carbocycles. The van der Waals surface area contributed by atoms with Gasteiger partial charge in [-0.25, -0.2) is 0 Å². The summed E-state index contributed by atoms with van der Waals surface area (Å²) in [5.74, 6) is -2.40. The van der Waals surface area contributed by atoms with Crippen molar-refractivity contribution in [2.75, 3.05) is 18.5 Å². The lowest BCUT2D eigenvalue weighted by Gasteiger charge is -2.16. The van der Waals surface area contributed by atoms with Crippen LogP contribution in [-0.4, -0.2) is 41.7 Å². The topological polar surface area (TPSA) is 92.8 Å². The highest BCUT2D eigenvalue weighted by Crippen LogP contribution is 2.52. The van der Waals surface area contributed by atoms with Crippen LogP contribution < -0.4 is 5.32 Å². The van der Waals surface area contributed by atoms with Gasteiger partial charge in [-0.3, -0.25) is 24.1 Å². The minimum Gasteiger partial charge on any atom is -0.454 e. The van der Waals surface area contributed by atoms with E-state index < -0.39 is 25.0 Å². The number of nitrogens with one attached hydrogen (secondary N) is 1. The van der Waals surface area contributed by atoms with Crippen LogP contribution in [0.5, 0.6) is 0 Å². The molecule has 3 amide bonds. The van der Waals surface area contributed by atoms with E-state index in [0.29, 0.717) is 5.69 Å². The number of imide groups is 1. The molecule has 3 aliphatic rings. The number of benzene rings is 1. The number of nitrogens with zero attached hydrogens (tertiary/aromatic N) is 1. The van der Waals surface area contributed by atoms with Crippen LogP contribution in [0.1, 0.15) is 17.5 Å². The van der Waals surface area contributed by atoms with Crippen molar-refractivity contribution >= 4 is 45.3 Å². The molecular formula is C21H21BrN2O5. The zero-order chi connectivity index (χ0) is 20.9. The third kappa shape index (κ3) is 3.50. The van der Waals surface area contributed by atoms with Crippen molar-refractivity contribution in [3.8, 4) is 0 Å². The van der Waals surface area contributed by atoms with Crippen LogP contribution >= 0.6 is 15.9 Å². The number of amides is 3. The Labute approximate surface area is 176 Å². The number of rotatable bonds is 5. The summed E-state index contributed by atoms with van der Waals surface area (Å²) < 4.78 is 5.96. The van der Waals surface area contributed by atoms with Gasteiger partial charge in [0.05, 0.1) is 11.8 Å². The van der Waals surface area contributed by atoms with Crippen LogP contribution in [0.15, 0.2) is 28.8 Å². The van der Waals surface area contributed by atoms with Gasteiger partial charge in [-0.15, -0.1) is 0 Å². The Bertz CT molecular complexity index is 903. The molecule has 0 radical (unpaired) electrons. The lowest BCUT2D eigenvalue weighted by molar-refractivity contribution is -0.154. The van der Waals surface area contributed by atoms with Crippen molar-refractivity contribution < 1.29 is 23.9 Å². The molecule has 29 heavy (non-hydrogen) atoms. The van der Waals surface area contributed by atoms with Crippen molar-refractivity contribution in [1.29, 1.82) is 0 Å². The number of anilines is 1. The van der Waals surface area contributed by atoms with E-state index in [-0.39, 0.29) is 35.5 Å². The van der Waals surface area contributed by atoms with Gasteiger partial charge in [0, 0.05) is 10.2 Å². The van der Waals surface area contributed by atoms with Crippen molar-refractivity contribution in [3.05, 3.63) is 39.9 Å². The summed E-state index contributed by atoms with van der Waals surface area (Å²) in [6, 6.07) is 3.61. The quantitative estimate of drug-likeness (QED) is 0.413. The summed E-state index contributed by atoms with van der Waals surface area (Å²) in [7, 11) is 0. The maximum absolute atomic E-state index is 12.6. The molecular weight excluding hydrogens is 440 g/mol. The molecule has 0 unspecified atom stereocenters. The number of hydrogen-bond acceptors (Lipinski definition) is 5. The molecule has 2 fully saturated rings. The predicted molar refractivity (Wildman–Crippen MR) is 108 cm³/mol. The second-order valence-electron chi connectivity index (χ2n) is 7.90. The van der Waals surface area contributed by atoms with Crippen LogP contribution in [0.4, 0.5) is 5.69 Å².